The second-order valence-corrected chi connectivity index (χ2v) is 16.7. The lowest BCUT2D eigenvalue weighted by Crippen LogP contribution is -2.47. The maximum atomic E-state index is 12.1. The van der Waals surface area contributed by atoms with Crippen LogP contribution >= 0.6 is 67.8 Å². The predicted molar refractivity (Wildman–Crippen MR) is 111 cm³/mol. The molecule has 1 amide bonds. The number of amides is 1. The summed E-state index contributed by atoms with van der Waals surface area (Å²) in [5.74, 6) is -0.00132. The molecule has 0 bridgehead atoms. The summed E-state index contributed by atoms with van der Waals surface area (Å²) in [5, 5.41) is 0. The standard InChI is InChI=1S/C14H20I3NO4/c1-4-9-21-12(20)18-7-5-10(6-8-18)13(2,3)22-11(19)14(15,16)17/h4,10H,1,5-9H2,2-3H3. The van der Waals surface area contributed by atoms with Crippen LogP contribution in [0.25, 0.3) is 0 Å². The number of ether oxygens (including phenoxy) is 2. The van der Waals surface area contributed by atoms with E-state index < -0.39 is 5.04 Å². The normalized spacial score (nSPS) is 17.0. The molecule has 0 aromatic heterocycles. The summed E-state index contributed by atoms with van der Waals surface area (Å²) in [6.07, 6.45) is 2.83. The third-order valence-electron chi connectivity index (χ3n) is 3.65. The molecule has 22 heavy (non-hydrogen) atoms. The number of nitrogens with zero attached hydrogens (tertiary/aromatic N) is 1. The molecule has 1 aliphatic heterocycles. The third kappa shape index (κ3) is 6.29. The van der Waals surface area contributed by atoms with E-state index in [4.69, 9.17) is 9.47 Å². The van der Waals surface area contributed by atoms with Crippen LogP contribution in [0.2, 0.25) is 0 Å². The smallest absolute Gasteiger partial charge is 0.410 e. The van der Waals surface area contributed by atoms with Gasteiger partial charge in [0.25, 0.3) is 0 Å². The highest BCUT2D eigenvalue weighted by atomic mass is 127. The number of alkyl halides is 3. The number of rotatable bonds is 5. The molecule has 0 radical (unpaired) electrons. The Kier molecular flexibility index (Phi) is 8.17. The minimum Gasteiger partial charge on any atom is -0.457 e. The average molecular weight is 647 g/mol. The summed E-state index contributed by atoms with van der Waals surface area (Å²) in [4.78, 5) is 25.6. The Hall–Kier alpha value is 0.670. The van der Waals surface area contributed by atoms with Crippen molar-refractivity contribution in [2.75, 3.05) is 19.7 Å². The van der Waals surface area contributed by atoms with Gasteiger partial charge < -0.3 is 14.4 Å². The summed E-state index contributed by atoms with van der Waals surface area (Å²) in [6.45, 7) is 8.87. The first-order valence-electron chi connectivity index (χ1n) is 6.90. The van der Waals surface area contributed by atoms with Gasteiger partial charge in [0.05, 0.1) is 0 Å². The van der Waals surface area contributed by atoms with E-state index in [1.54, 1.807) is 11.0 Å². The first-order chi connectivity index (χ1) is 10.1. The van der Waals surface area contributed by atoms with Gasteiger partial charge in [-0.05, 0) is 94.5 Å². The van der Waals surface area contributed by atoms with E-state index in [9.17, 15) is 9.59 Å². The fraction of sp³-hybridized carbons (Fsp3) is 0.714. The van der Waals surface area contributed by atoms with Crippen LogP contribution < -0.4 is 0 Å². The number of piperidine rings is 1. The Morgan fingerprint density at radius 3 is 2.27 bits per heavy atom. The summed E-state index contributed by atoms with van der Waals surface area (Å²) in [6, 6.07) is 0. The van der Waals surface area contributed by atoms with Gasteiger partial charge in [0.2, 0.25) is -0.565 Å². The first-order valence-corrected chi connectivity index (χ1v) is 10.1. The molecule has 1 saturated heterocycles. The molecule has 0 unspecified atom stereocenters. The van der Waals surface area contributed by atoms with Gasteiger partial charge in [0.1, 0.15) is 12.2 Å². The molecule has 5 nitrogen and oxygen atoms in total. The summed E-state index contributed by atoms with van der Waals surface area (Å²) >= 11 is 6.18. The molecule has 0 aromatic carbocycles. The lowest BCUT2D eigenvalue weighted by atomic mass is 9.83. The van der Waals surface area contributed by atoms with Gasteiger partial charge in [-0.15, -0.1) is 0 Å². The molecule has 1 aliphatic rings. The van der Waals surface area contributed by atoms with E-state index >= 15 is 0 Å². The Labute approximate surface area is 172 Å². The molecule has 126 valence electrons. The second kappa shape index (κ2) is 8.67. The Balaban J connectivity index is 2.54. The molecule has 1 fully saturated rings. The van der Waals surface area contributed by atoms with Crippen LogP contribution in [0, 0.1) is 5.92 Å². The molecule has 8 heteroatoms. The third-order valence-corrected chi connectivity index (χ3v) is 4.97. The quantitative estimate of drug-likeness (QED) is 0.194. The molecular formula is C14H20I3NO4. The number of hydrogen-bond acceptors (Lipinski definition) is 4. The number of carbonyl (C=O) groups excluding carboxylic acids is 2. The zero-order valence-electron chi connectivity index (χ0n) is 12.6. The summed E-state index contributed by atoms with van der Waals surface area (Å²) in [5.41, 5.74) is -0.541. The van der Waals surface area contributed by atoms with Crippen LogP contribution in [0.5, 0.6) is 0 Å². The highest BCUT2D eigenvalue weighted by Gasteiger charge is 2.41. The van der Waals surface area contributed by atoms with E-state index in [1.165, 1.54) is 0 Å². The molecule has 0 aliphatic carbocycles. The van der Waals surface area contributed by atoms with Crippen molar-refractivity contribution in [1.82, 2.24) is 4.90 Å². The van der Waals surface area contributed by atoms with Crippen LogP contribution in [0.3, 0.4) is 0 Å². The highest BCUT2D eigenvalue weighted by Crippen LogP contribution is 2.40. The van der Waals surface area contributed by atoms with Crippen LogP contribution in [0.15, 0.2) is 12.7 Å². The largest absolute Gasteiger partial charge is 0.457 e. The fourth-order valence-electron chi connectivity index (χ4n) is 2.36. The van der Waals surface area contributed by atoms with Crippen molar-refractivity contribution in [3.8, 4) is 0 Å². The average Bonchev–Trinajstić information content (AvgIpc) is 2.43. The summed E-state index contributed by atoms with van der Waals surface area (Å²) in [7, 11) is 0. The predicted octanol–water partition coefficient (Wildman–Crippen LogP) is 4.30. The van der Waals surface area contributed by atoms with Gasteiger partial charge in [-0.3, -0.25) is 0 Å². The van der Waals surface area contributed by atoms with Crippen LogP contribution in [0.1, 0.15) is 26.7 Å². The monoisotopic (exact) mass is 647 g/mol. The van der Waals surface area contributed by atoms with E-state index in [2.05, 4.69) is 74.4 Å². The van der Waals surface area contributed by atoms with Gasteiger partial charge in [-0.25, -0.2) is 9.59 Å². The Morgan fingerprint density at radius 1 is 1.27 bits per heavy atom. The first kappa shape index (κ1) is 20.7. The van der Waals surface area contributed by atoms with Gasteiger partial charge in [0, 0.05) is 19.0 Å². The Bertz CT molecular complexity index is 426. The molecule has 1 heterocycles. The van der Waals surface area contributed by atoms with Gasteiger partial charge in [0.15, 0.2) is 0 Å². The lowest BCUT2D eigenvalue weighted by molar-refractivity contribution is -0.160. The zero-order valence-corrected chi connectivity index (χ0v) is 19.1. The van der Waals surface area contributed by atoms with E-state index in [1.807, 2.05) is 13.8 Å². The molecule has 1 rings (SSSR count). The topological polar surface area (TPSA) is 55.8 Å². The SMILES string of the molecule is C=CCOC(=O)N1CCC(C(C)(C)OC(=O)C(I)(I)I)CC1. The lowest BCUT2D eigenvalue weighted by Gasteiger charge is -2.40. The van der Waals surface area contributed by atoms with Crippen molar-refractivity contribution < 1.29 is 19.1 Å². The molecule has 0 N–H and O–H groups in total. The van der Waals surface area contributed by atoms with Crippen molar-refractivity contribution in [3.05, 3.63) is 12.7 Å². The van der Waals surface area contributed by atoms with Gasteiger partial charge in [-0.2, -0.15) is 0 Å². The molecule has 0 spiro atoms. The molecule has 0 atom stereocenters. The van der Waals surface area contributed by atoms with E-state index in [0.717, 1.165) is 12.8 Å². The highest BCUT2D eigenvalue weighted by molar-refractivity contribution is 14.3. The maximum absolute atomic E-state index is 12.1. The van der Waals surface area contributed by atoms with Crippen LogP contribution in [0.4, 0.5) is 4.79 Å². The Morgan fingerprint density at radius 2 is 1.82 bits per heavy atom. The maximum Gasteiger partial charge on any atom is 0.410 e. The van der Waals surface area contributed by atoms with Crippen molar-refractivity contribution in [3.63, 3.8) is 0 Å². The second-order valence-electron chi connectivity index (χ2n) is 5.62. The van der Waals surface area contributed by atoms with E-state index in [0.29, 0.717) is 13.1 Å². The van der Waals surface area contributed by atoms with Crippen molar-refractivity contribution in [2.45, 2.75) is 31.7 Å². The molecular weight excluding hydrogens is 627 g/mol. The molecule has 0 aromatic rings. The van der Waals surface area contributed by atoms with Gasteiger partial charge in [-0.1, -0.05) is 12.7 Å². The minimum atomic E-state index is -0.597. The van der Waals surface area contributed by atoms with Crippen molar-refractivity contribution in [1.29, 1.82) is 0 Å². The fourth-order valence-corrected chi connectivity index (χ4v) is 2.69. The minimum absolute atomic E-state index is 0.227. The number of halogens is 3. The van der Waals surface area contributed by atoms with Crippen molar-refractivity contribution >= 4 is 79.8 Å². The van der Waals surface area contributed by atoms with Gasteiger partial charge >= 0.3 is 12.1 Å². The number of esters is 1. The molecule has 0 saturated carbocycles. The zero-order chi connectivity index (χ0) is 17.0. The van der Waals surface area contributed by atoms with Crippen LogP contribution in [-0.2, 0) is 14.3 Å². The number of hydrogen-bond donors (Lipinski definition) is 0. The summed E-state index contributed by atoms with van der Waals surface area (Å²) < 4.78 is 10.1. The number of likely N-dealkylation sites (tertiary alicyclic amines) is 1. The number of carbonyl (C=O) groups is 2. The van der Waals surface area contributed by atoms with Crippen molar-refractivity contribution in [2.24, 2.45) is 5.92 Å². The van der Waals surface area contributed by atoms with Crippen LogP contribution in [-0.4, -0.2) is 41.7 Å². The van der Waals surface area contributed by atoms with E-state index in [-0.39, 0.29) is 24.6 Å².